The van der Waals surface area contributed by atoms with E-state index in [-0.39, 0.29) is 50.5 Å². The molecule has 0 unspecified atom stereocenters. The van der Waals surface area contributed by atoms with Gasteiger partial charge in [0.1, 0.15) is 0 Å². The third-order valence-electron chi connectivity index (χ3n) is 5.77. The molecule has 0 saturated carbocycles. The molecule has 0 N–H and O–H groups in total. The van der Waals surface area contributed by atoms with Crippen LogP contribution >= 0.6 is 0 Å². The van der Waals surface area contributed by atoms with Crippen LogP contribution in [0.5, 0.6) is 0 Å². The molecule has 0 bridgehead atoms. The quantitative estimate of drug-likeness (QED) is 0.335. The van der Waals surface area contributed by atoms with Gasteiger partial charge in [0, 0.05) is 16.5 Å². The van der Waals surface area contributed by atoms with Gasteiger partial charge in [0.05, 0.1) is 22.8 Å². The predicted octanol–water partition coefficient (Wildman–Crippen LogP) is 3.07. The molecule has 0 spiro atoms. The minimum atomic E-state index is 0. The summed E-state index contributed by atoms with van der Waals surface area (Å²) in [4.78, 5) is 10.3. The molecule has 2 aromatic rings. The van der Waals surface area contributed by atoms with Crippen LogP contribution in [0.1, 0.15) is 115 Å². The summed E-state index contributed by atoms with van der Waals surface area (Å²) in [5.41, 5.74) is 9.43. The maximum Gasteiger partial charge on any atom is 0.0702 e. The van der Waals surface area contributed by atoms with Gasteiger partial charge in [-0.1, -0.05) is 91.8 Å². The van der Waals surface area contributed by atoms with Crippen molar-refractivity contribution in [2.45, 2.75) is 92.9 Å². The molecule has 2 rings (SSSR count). The van der Waals surface area contributed by atoms with Crippen LogP contribution in [-0.2, 0) is 16.5 Å². The van der Waals surface area contributed by atoms with E-state index in [4.69, 9.17) is 9.98 Å². The van der Waals surface area contributed by atoms with Crippen molar-refractivity contribution in [2.75, 3.05) is 0 Å². The van der Waals surface area contributed by atoms with Crippen molar-refractivity contribution < 1.29 is 50.5 Å². The Balaban J connectivity index is 0. The Hall–Kier alpha value is -0.766. The van der Waals surface area contributed by atoms with Crippen molar-refractivity contribution in [3.8, 4) is 0 Å². The summed E-state index contributed by atoms with van der Waals surface area (Å²) in [6.45, 7) is 22.1. The molecule has 2 nitrogen and oxygen atoms in total. The summed E-state index contributed by atoms with van der Waals surface area (Å²) in [6, 6.07) is 13.2. The minimum Gasteiger partial charge on any atom is -1.00 e. The van der Waals surface area contributed by atoms with E-state index in [1.54, 1.807) is 0 Å². The molecule has 33 heavy (non-hydrogen) atoms. The summed E-state index contributed by atoms with van der Waals surface area (Å²) >= 11 is 0. The monoisotopic (exact) mass is 620 g/mol. The fourth-order valence-electron chi connectivity index (χ4n) is 3.78. The minimum absolute atomic E-state index is 0. The number of benzene rings is 2. The second kappa shape index (κ2) is 15.3. The van der Waals surface area contributed by atoms with Crippen molar-refractivity contribution in [1.82, 2.24) is 0 Å². The summed E-state index contributed by atoms with van der Waals surface area (Å²) < 4.78 is 0. The number of rotatable bonds is 7. The first-order chi connectivity index (χ1) is 14.0. The van der Waals surface area contributed by atoms with Crippen LogP contribution < -0.4 is 34.0 Å². The molecule has 0 atom stereocenters. The number of hydrogen-bond acceptors (Lipinski definition) is 2. The Labute approximate surface area is 233 Å². The zero-order chi connectivity index (χ0) is 22.6. The first kappa shape index (κ1) is 34.4. The van der Waals surface area contributed by atoms with E-state index in [1.165, 1.54) is 22.3 Å². The zero-order valence-electron chi connectivity index (χ0n) is 21.7. The van der Waals surface area contributed by atoms with Crippen molar-refractivity contribution >= 4 is 22.8 Å². The molecule has 0 fully saturated rings. The largest absolute Gasteiger partial charge is 1.00 e. The number of halogens is 2. The van der Waals surface area contributed by atoms with E-state index in [1.807, 2.05) is 0 Å². The molecule has 0 radical (unpaired) electrons. The molecule has 5 heteroatoms. The molecule has 0 amide bonds. The van der Waals surface area contributed by atoms with Gasteiger partial charge < -0.3 is 34.0 Å². The molecule has 2 aromatic carbocycles. The van der Waals surface area contributed by atoms with Gasteiger partial charge in [-0.15, -0.1) is 0 Å². The normalized spacial score (nSPS) is 12.1. The van der Waals surface area contributed by atoms with Gasteiger partial charge in [-0.05, 0) is 59.8 Å². The molecule has 0 aromatic heterocycles. The first-order valence-corrected chi connectivity index (χ1v) is 11.4. The molecule has 0 saturated heterocycles. The van der Waals surface area contributed by atoms with E-state index in [2.05, 4.69) is 106 Å². The maximum atomic E-state index is 5.13. The summed E-state index contributed by atoms with van der Waals surface area (Å²) in [5.74, 6) is 1.73. The Morgan fingerprint density at radius 2 is 0.727 bits per heavy atom. The fraction of sp³-hybridized carbons (Fsp3) is 0.500. The molecule has 0 aliphatic heterocycles. The van der Waals surface area contributed by atoms with Crippen LogP contribution in [0.15, 0.2) is 46.4 Å². The van der Waals surface area contributed by atoms with Crippen LogP contribution in [0.2, 0.25) is 0 Å². The van der Waals surface area contributed by atoms with Crippen molar-refractivity contribution in [3.63, 3.8) is 0 Å². The number of para-hydroxylation sites is 2. The van der Waals surface area contributed by atoms with E-state index in [9.17, 15) is 0 Å². The smallest absolute Gasteiger partial charge is 0.0702 e. The molecule has 0 aliphatic rings. The van der Waals surface area contributed by atoms with E-state index in [0.717, 1.165) is 22.8 Å². The second-order valence-corrected chi connectivity index (χ2v) is 9.58. The van der Waals surface area contributed by atoms with Gasteiger partial charge >= 0.3 is 0 Å². The van der Waals surface area contributed by atoms with Crippen molar-refractivity contribution in [2.24, 2.45) is 9.98 Å². The second-order valence-electron chi connectivity index (χ2n) is 9.58. The Bertz CT molecular complexity index is 815. The van der Waals surface area contributed by atoms with E-state index < -0.39 is 0 Å². The van der Waals surface area contributed by atoms with Gasteiger partial charge in [-0.25, -0.2) is 0 Å². The van der Waals surface area contributed by atoms with Gasteiger partial charge in [0.25, 0.3) is 0 Å². The van der Waals surface area contributed by atoms with Gasteiger partial charge in [-0.3, -0.25) is 9.98 Å². The summed E-state index contributed by atoms with van der Waals surface area (Å²) in [5, 5.41) is 0. The molecule has 188 valence electrons. The van der Waals surface area contributed by atoms with Crippen molar-refractivity contribution in [1.29, 1.82) is 0 Å². The number of hydrogen-bond donors (Lipinski definition) is 0. The molecule has 0 heterocycles. The summed E-state index contributed by atoms with van der Waals surface area (Å²) in [7, 11) is 0. The maximum absolute atomic E-state index is 5.13. The first-order valence-electron chi connectivity index (χ1n) is 11.4. The number of nitrogens with zero attached hydrogens (tertiary/aromatic N) is 2. The fourth-order valence-corrected chi connectivity index (χ4v) is 3.78. The van der Waals surface area contributed by atoms with Gasteiger partial charge in [0.15, 0.2) is 0 Å². The molecular formula is C28H40Br2N2Ni-2. The van der Waals surface area contributed by atoms with Crippen LogP contribution in [0.3, 0.4) is 0 Å². The average molecular weight is 623 g/mol. The number of aliphatic imine (C=N–C) groups is 2. The summed E-state index contributed by atoms with van der Waals surface area (Å²) in [6.07, 6.45) is 0. The third-order valence-corrected chi connectivity index (χ3v) is 5.77. The van der Waals surface area contributed by atoms with E-state index >= 15 is 0 Å². The van der Waals surface area contributed by atoms with Crippen molar-refractivity contribution in [3.05, 3.63) is 58.7 Å². The van der Waals surface area contributed by atoms with Gasteiger partial charge in [0.2, 0.25) is 0 Å². The predicted molar refractivity (Wildman–Crippen MR) is 135 cm³/mol. The SMILES string of the molecule is CC(=Nc1c(C(C)C)cccc1C(C)C)C(C)=Nc1c(C(C)C)cccc1C(C)C.[Br-].[Br-].[Ni]. The standard InChI is InChI=1S/C28H40N2.2BrH.Ni/c1-17(2)23-13-11-14-24(18(3)4)27(23)29-21(9)22(10)30-28-25(19(5)6)15-12-16-26(28)20(7)8;;;/h11-20H,1-10H3;2*1H;/p-2. The van der Waals surface area contributed by atoms with Crippen LogP contribution in [0.4, 0.5) is 11.4 Å². The zero-order valence-corrected chi connectivity index (χ0v) is 25.9. The van der Waals surface area contributed by atoms with Crippen LogP contribution in [-0.4, -0.2) is 11.4 Å². The van der Waals surface area contributed by atoms with E-state index in [0.29, 0.717) is 23.7 Å². The third kappa shape index (κ3) is 8.75. The topological polar surface area (TPSA) is 24.7 Å². The molecule has 0 aliphatic carbocycles. The average Bonchev–Trinajstić information content (AvgIpc) is 2.67. The Morgan fingerprint density at radius 1 is 0.515 bits per heavy atom. The van der Waals surface area contributed by atoms with Gasteiger partial charge in [-0.2, -0.15) is 0 Å². The Morgan fingerprint density at radius 3 is 0.909 bits per heavy atom. The Kier molecular flexibility index (Phi) is 15.9. The van der Waals surface area contributed by atoms with Crippen LogP contribution in [0, 0.1) is 0 Å². The molecular weight excluding hydrogens is 583 g/mol. The van der Waals surface area contributed by atoms with Crippen LogP contribution in [0.25, 0.3) is 0 Å².